The second-order valence-electron chi connectivity index (χ2n) is 5.63. The van der Waals surface area contributed by atoms with E-state index in [0.717, 1.165) is 18.9 Å². The van der Waals surface area contributed by atoms with Crippen LogP contribution >= 0.6 is 0 Å². The number of nitrogens with one attached hydrogen (secondary N) is 2. The van der Waals surface area contributed by atoms with Gasteiger partial charge in [0.15, 0.2) is 15.8 Å². The molecule has 0 radical (unpaired) electrons. The summed E-state index contributed by atoms with van der Waals surface area (Å²) in [5.41, 5.74) is 0. The Balaban J connectivity index is 2.20. The molecule has 0 saturated carbocycles. The minimum absolute atomic E-state index is 0.00636. The molecule has 0 aromatic heterocycles. The van der Waals surface area contributed by atoms with Gasteiger partial charge in [0, 0.05) is 19.6 Å². The van der Waals surface area contributed by atoms with Crippen LogP contribution in [0.4, 0.5) is 0 Å². The first-order valence-electron chi connectivity index (χ1n) is 7.10. The van der Waals surface area contributed by atoms with Gasteiger partial charge in [-0.1, -0.05) is 26.7 Å². The molecule has 112 valence electrons. The number of guanidine groups is 1. The first kappa shape index (κ1) is 16.3. The molecule has 5 nitrogen and oxygen atoms in total. The standard InChI is InChI=1S/C13H27N3O2S/c1-11(2)6-4-5-8-15-13(14-3)16-12-7-9-19(17,18)10-12/h11-12H,4-10H2,1-3H3,(H2,14,15,16). The molecule has 0 aromatic carbocycles. The van der Waals surface area contributed by atoms with Crippen molar-refractivity contribution in [1.29, 1.82) is 0 Å². The Labute approximate surface area is 117 Å². The van der Waals surface area contributed by atoms with Crippen molar-refractivity contribution >= 4 is 15.8 Å². The van der Waals surface area contributed by atoms with Gasteiger partial charge >= 0.3 is 0 Å². The van der Waals surface area contributed by atoms with E-state index in [-0.39, 0.29) is 17.5 Å². The fourth-order valence-electron chi connectivity index (χ4n) is 2.18. The second kappa shape index (κ2) is 7.72. The fraction of sp³-hybridized carbons (Fsp3) is 0.923. The van der Waals surface area contributed by atoms with Gasteiger partial charge in [-0.3, -0.25) is 4.99 Å². The molecule has 19 heavy (non-hydrogen) atoms. The zero-order valence-corrected chi connectivity index (χ0v) is 13.1. The monoisotopic (exact) mass is 289 g/mol. The molecular weight excluding hydrogens is 262 g/mol. The van der Waals surface area contributed by atoms with E-state index in [4.69, 9.17) is 0 Å². The molecule has 0 aromatic rings. The van der Waals surface area contributed by atoms with E-state index in [9.17, 15) is 8.42 Å². The quantitative estimate of drug-likeness (QED) is 0.437. The zero-order valence-electron chi connectivity index (χ0n) is 12.3. The third kappa shape index (κ3) is 6.80. The predicted molar refractivity (Wildman–Crippen MR) is 80.2 cm³/mol. The summed E-state index contributed by atoms with van der Waals surface area (Å²) in [4.78, 5) is 4.13. The number of rotatable bonds is 6. The number of hydrogen-bond donors (Lipinski definition) is 2. The minimum Gasteiger partial charge on any atom is -0.356 e. The number of hydrogen-bond acceptors (Lipinski definition) is 3. The van der Waals surface area contributed by atoms with Gasteiger partial charge in [0.2, 0.25) is 0 Å². The first-order chi connectivity index (χ1) is 8.93. The molecule has 1 aliphatic heterocycles. The summed E-state index contributed by atoms with van der Waals surface area (Å²) in [7, 11) is -1.12. The van der Waals surface area contributed by atoms with Crippen molar-refractivity contribution in [3.8, 4) is 0 Å². The molecule has 0 aliphatic carbocycles. The summed E-state index contributed by atoms with van der Waals surface area (Å²) >= 11 is 0. The summed E-state index contributed by atoms with van der Waals surface area (Å²) < 4.78 is 22.7. The Morgan fingerprint density at radius 1 is 1.37 bits per heavy atom. The predicted octanol–water partition coefficient (Wildman–Crippen LogP) is 1.16. The Kier molecular flexibility index (Phi) is 6.62. The Bertz CT molecular complexity index is 391. The van der Waals surface area contributed by atoms with E-state index in [1.54, 1.807) is 7.05 Å². The fourth-order valence-corrected chi connectivity index (χ4v) is 3.85. The van der Waals surface area contributed by atoms with Crippen molar-refractivity contribution in [3.63, 3.8) is 0 Å². The van der Waals surface area contributed by atoms with Gasteiger partial charge in [0.25, 0.3) is 0 Å². The van der Waals surface area contributed by atoms with Crippen LogP contribution in [0.15, 0.2) is 4.99 Å². The Morgan fingerprint density at radius 3 is 2.63 bits per heavy atom. The summed E-state index contributed by atoms with van der Waals surface area (Å²) in [6, 6.07) is 0.00636. The second-order valence-corrected chi connectivity index (χ2v) is 7.86. The van der Waals surface area contributed by atoms with Crippen LogP contribution < -0.4 is 10.6 Å². The highest BCUT2D eigenvalue weighted by molar-refractivity contribution is 7.91. The maximum atomic E-state index is 11.4. The molecule has 2 N–H and O–H groups in total. The van der Waals surface area contributed by atoms with Crippen LogP contribution in [0.3, 0.4) is 0 Å². The van der Waals surface area contributed by atoms with Crippen molar-refractivity contribution in [2.24, 2.45) is 10.9 Å². The number of aliphatic imine (C=N–C) groups is 1. The highest BCUT2D eigenvalue weighted by Crippen LogP contribution is 2.11. The normalized spacial score (nSPS) is 22.7. The Morgan fingerprint density at radius 2 is 2.11 bits per heavy atom. The van der Waals surface area contributed by atoms with Crippen LogP contribution in [0, 0.1) is 5.92 Å². The van der Waals surface area contributed by atoms with Crippen LogP contribution in [-0.4, -0.2) is 45.5 Å². The SMILES string of the molecule is CN=C(NCCCCC(C)C)NC1CCS(=O)(=O)C1. The lowest BCUT2D eigenvalue weighted by molar-refractivity contribution is 0.533. The molecule has 0 spiro atoms. The minimum atomic E-state index is -2.83. The van der Waals surface area contributed by atoms with Crippen LogP contribution in [0.2, 0.25) is 0 Å². The summed E-state index contributed by atoms with van der Waals surface area (Å²) in [6.45, 7) is 5.34. The van der Waals surface area contributed by atoms with Gasteiger partial charge in [0.1, 0.15) is 0 Å². The third-order valence-corrected chi connectivity index (χ3v) is 5.07. The molecule has 1 aliphatic rings. The van der Waals surface area contributed by atoms with Gasteiger partial charge in [-0.2, -0.15) is 0 Å². The molecule has 1 unspecified atom stereocenters. The highest BCUT2D eigenvalue weighted by Gasteiger charge is 2.28. The van der Waals surface area contributed by atoms with Crippen molar-refractivity contribution in [2.45, 2.75) is 45.6 Å². The molecule has 1 rings (SSSR count). The highest BCUT2D eigenvalue weighted by atomic mass is 32.2. The lowest BCUT2D eigenvalue weighted by atomic mass is 10.1. The van der Waals surface area contributed by atoms with Crippen molar-refractivity contribution in [3.05, 3.63) is 0 Å². The summed E-state index contributed by atoms with van der Waals surface area (Å²) in [5, 5.41) is 6.42. The topological polar surface area (TPSA) is 70.6 Å². The van der Waals surface area contributed by atoms with Crippen LogP contribution in [-0.2, 0) is 9.84 Å². The smallest absolute Gasteiger partial charge is 0.191 e. The van der Waals surface area contributed by atoms with Gasteiger partial charge in [-0.15, -0.1) is 0 Å². The number of unbranched alkanes of at least 4 members (excludes halogenated alkanes) is 1. The van der Waals surface area contributed by atoms with Crippen molar-refractivity contribution < 1.29 is 8.42 Å². The molecule has 1 fully saturated rings. The largest absolute Gasteiger partial charge is 0.356 e. The average Bonchev–Trinajstić information content (AvgIpc) is 2.66. The maximum Gasteiger partial charge on any atom is 0.191 e. The van der Waals surface area contributed by atoms with E-state index >= 15 is 0 Å². The van der Waals surface area contributed by atoms with Gasteiger partial charge in [-0.25, -0.2) is 8.42 Å². The van der Waals surface area contributed by atoms with Crippen molar-refractivity contribution in [2.75, 3.05) is 25.1 Å². The molecule has 0 amide bonds. The molecule has 1 heterocycles. The molecule has 0 bridgehead atoms. The van der Waals surface area contributed by atoms with E-state index in [1.807, 2.05) is 0 Å². The van der Waals surface area contributed by atoms with E-state index in [1.165, 1.54) is 12.8 Å². The average molecular weight is 289 g/mol. The van der Waals surface area contributed by atoms with E-state index < -0.39 is 9.84 Å². The van der Waals surface area contributed by atoms with Gasteiger partial charge < -0.3 is 10.6 Å². The maximum absolute atomic E-state index is 11.4. The van der Waals surface area contributed by atoms with Gasteiger partial charge in [0.05, 0.1) is 11.5 Å². The molecule has 1 saturated heterocycles. The van der Waals surface area contributed by atoms with E-state index in [2.05, 4.69) is 29.5 Å². The van der Waals surface area contributed by atoms with Gasteiger partial charge in [-0.05, 0) is 18.8 Å². The van der Waals surface area contributed by atoms with Crippen molar-refractivity contribution in [1.82, 2.24) is 10.6 Å². The number of sulfone groups is 1. The Hall–Kier alpha value is -0.780. The molecular formula is C13H27N3O2S. The van der Waals surface area contributed by atoms with E-state index in [0.29, 0.717) is 12.4 Å². The summed E-state index contributed by atoms with van der Waals surface area (Å²) in [5.74, 6) is 1.98. The summed E-state index contributed by atoms with van der Waals surface area (Å²) in [6.07, 6.45) is 4.24. The molecule has 6 heteroatoms. The third-order valence-electron chi connectivity index (χ3n) is 3.30. The molecule has 1 atom stereocenters. The lowest BCUT2D eigenvalue weighted by Gasteiger charge is -2.16. The van der Waals surface area contributed by atoms with Crippen LogP contribution in [0.5, 0.6) is 0 Å². The zero-order chi connectivity index (χ0) is 14.3. The number of nitrogens with zero attached hydrogens (tertiary/aromatic N) is 1. The van der Waals surface area contributed by atoms with Crippen LogP contribution in [0.25, 0.3) is 0 Å². The first-order valence-corrected chi connectivity index (χ1v) is 8.92. The lowest BCUT2D eigenvalue weighted by Crippen LogP contribution is -2.44. The van der Waals surface area contributed by atoms with Crippen LogP contribution in [0.1, 0.15) is 39.5 Å².